The van der Waals surface area contributed by atoms with Gasteiger partial charge in [0.05, 0.1) is 15.6 Å². The Kier molecular flexibility index (Phi) is 3.50. The van der Waals surface area contributed by atoms with E-state index in [-0.39, 0.29) is 5.69 Å². The second-order valence-electron chi connectivity index (χ2n) is 4.67. The number of anilines is 1. The number of rotatable bonds is 4. The van der Waals surface area contributed by atoms with Crippen LogP contribution in [0.1, 0.15) is 5.56 Å². The Balaban J connectivity index is 1.80. The van der Waals surface area contributed by atoms with Gasteiger partial charge in [0.15, 0.2) is 0 Å². The van der Waals surface area contributed by atoms with Crippen LogP contribution in [0.15, 0.2) is 48.7 Å². The molecule has 0 aliphatic heterocycles. The molecule has 2 aromatic carbocycles. The predicted molar refractivity (Wildman–Crippen MR) is 83.7 cm³/mol. The summed E-state index contributed by atoms with van der Waals surface area (Å²) in [5, 5.41) is 15.5. The molecule has 106 valence electrons. The fourth-order valence-electron chi connectivity index (χ4n) is 2.16. The summed E-state index contributed by atoms with van der Waals surface area (Å²) in [6.45, 7) is 0.538. The van der Waals surface area contributed by atoms with Gasteiger partial charge in [-0.2, -0.15) is 0 Å². The van der Waals surface area contributed by atoms with E-state index in [4.69, 9.17) is 11.6 Å². The Morgan fingerprint density at radius 2 is 2.05 bits per heavy atom. The zero-order chi connectivity index (χ0) is 14.8. The van der Waals surface area contributed by atoms with Gasteiger partial charge in [-0.25, -0.2) is 0 Å². The number of fused-ring (bicyclic) bond motifs is 1. The lowest BCUT2D eigenvalue weighted by molar-refractivity contribution is -0.384. The largest absolute Gasteiger partial charge is 0.380 e. The zero-order valence-electron chi connectivity index (χ0n) is 11.0. The van der Waals surface area contributed by atoms with Crippen molar-refractivity contribution in [2.24, 2.45) is 0 Å². The summed E-state index contributed by atoms with van der Waals surface area (Å²) in [5.74, 6) is 0. The van der Waals surface area contributed by atoms with Crippen molar-refractivity contribution >= 4 is 33.9 Å². The zero-order valence-corrected chi connectivity index (χ0v) is 11.7. The number of nitro groups is 1. The minimum atomic E-state index is -0.438. The number of aromatic nitrogens is 1. The lowest BCUT2D eigenvalue weighted by Crippen LogP contribution is -2.00. The summed E-state index contributed by atoms with van der Waals surface area (Å²) in [6.07, 6.45) is 1.89. The lowest BCUT2D eigenvalue weighted by atomic mass is 10.1. The molecule has 6 heteroatoms. The summed E-state index contributed by atoms with van der Waals surface area (Å²) < 4.78 is 0. The molecule has 0 spiro atoms. The average Bonchev–Trinajstić information content (AvgIpc) is 2.93. The van der Waals surface area contributed by atoms with Crippen molar-refractivity contribution in [3.63, 3.8) is 0 Å². The number of benzene rings is 2. The van der Waals surface area contributed by atoms with Gasteiger partial charge >= 0.3 is 0 Å². The highest BCUT2D eigenvalue weighted by Crippen LogP contribution is 2.27. The van der Waals surface area contributed by atoms with Crippen LogP contribution in [-0.2, 0) is 6.54 Å². The van der Waals surface area contributed by atoms with E-state index in [0.717, 1.165) is 16.5 Å². The van der Waals surface area contributed by atoms with Gasteiger partial charge in [0.2, 0.25) is 0 Å². The molecule has 3 rings (SSSR count). The van der Waals surface area contributed by atoms with E-state index in [2.05, 4.69) is 10.3 Å². The highest BCUT2D eigenvalue weighted by molar-refractivity contribution is 6.33. The number of halogens is 1. The van der Waals surface area contributed by atoms with Crippen LogP contribution in [0.2, 0.25) is 5.02 Å². The topological polar surface area (TPSA) is 71.0 Å². The number of hydrogen-bond acceptors (Lipinski definition) is 3. The van der Waals surface area contributed by atoms with Gasteiger partial charge < -0.3 is 10.3 Å². The number of nitro benzene ring substituents is 1. The summed E-state index contributed by atoms with van der Waals surface area (Å²) in [4.78, 5) is 13.5. The molecule has 21 heavy (non-hydrogen) atoms. The fourth-order valence-corrected chi connectivity index (χ4v) is 2.35. The van der Waals surface area contributed by atoms with Crippen LogP contribution >= 0.6 is 11.6 Å². The van der Waals surface area contributed by atoms with Gasteiger partial charge in [0.25, 0.3) is 5.69 Å². The average molecular weight is 302 g/mol. The Bertz CT molecular complexity index is 814. The molecular weight excluding hydrogens is 290 g/mol. The normalized spacial score (nSPS) is 10.7. The number of nitrogens with zero attached hydrogens (tertiary/aromatic N) is 1. The molecule has 0 bridgehead atoms. The van der Waals surface area contributed by atoms with Crippen LogP contribution < -0.4 is 5.32 Å². The molecule has 0 saturated heterocycles. The van der Waals surface area contributed by atoms with E-state index in [1.807, 2.05) is 30.5 Å². The van der Waals surface area contributed by atoms with Crippen LogP contribution in [0.3, 0.4) is 0 Å². The molecule has 0 atom stereocenters. The van der Waals surface area contributed by atoms with Crippen LogP contribution in [-0.4, -0.2) is 9.91 Å². The fraction of sp³-hybridized carbons (Fsp3) is 0.0667. The molecule has 0 amide bonds. The minimum absolute atomic E-state index is 0.0155. The number of aromatic amines is 1. The van der Waals surface area contributed by atoms with Crippen LogP contribution in [0, 0.1) is 10.1 Å². The second-order valence-corrected chi connectivity index (χ2v) is 5.08. The lowest BCUT2D eigenvalue weighted by Gasteiger charge is -2.08. The van der Waals surface area contributed by atoms with Crippen LogP contribution in [0.4, 0.5) is 11.4 Å². The molecule has 0 unspecified atom stereocenters. The first-order valence-electron chi connectivity index (χ1n) is 6.37. The summed E-state index contributed by atoms with van der Waals surface area (Å²) in [5.41, 5.74) is 2.69. The van der Waals surface area contributed by atoms with Crippen molar-refractivity contribution in [2.75, 3.05) is 5.32 Å². The molecule has 0 saturated carbocycles. The standard InChI is InChI=1S/C15H12ClN3O2/c16-13-4-3-12(19(20)21)8-15(13)18-9-10-1-2-11-5-6-17-14(11)7-10/h1-8,17-18H,9H2. The SMILES string of the molecule is O=[N+]([O-])c1ccc(Cl)c(NCc2ccc3cc[nH]c3c2)c1. The van der Waals surface area contributed by atoms with Crippen molar-refractivity contribution in [3.05, 3.63) is 69.4 Å². The monoisotopic (exact) mass is 301 g/mol. The smallest absolute Gasteiger partial charge is 0.271 e. The number of hydrogen-bond donors (Lipinski definition) is 2. The third-order valence-electron chi connectivity index (χ3n) is 3.26. The summed E-state index contributed by atoms with van der Waals surface area (Å²) >= 11 is 6.05. The van der Waals surface area contributed by atoms with Crippen molar-refractivity contribution in [1.29, 1.82) is 0 Å². The van der Waals surface area contributed by atoms with Crippen LogP contribution in [0.5, 0.6) is 0 Å². The van der Waals surface area contributed by atoms with E-state index in [1.165, 1.54) is 18.2 Å². The van der Waals surface area contributed by atoms with E-state index < -0.39 is 4.92 Å². The van der Waals surface area contributed by atoms with Crippen molar-refractivity contribution in [3.8, 4) is 0 Å². The molecule has 0 aliphatic carbocycles. The Morgan fingerprint density at radius 3 is 2.86 bits per heavy atom. The van der Waals surface area contributed by atoms with E-state index >= 15 is 0 Å². The molecular formula is C15H12ClN3O2. The number of nitrogens with one attached hydrogen (secondary N) is 2. The highest BCUT2D eigenvalue weighted by atomic mass is 35.5. The first kappa shape index (κ1) is 13.5. The molecule has 1 heterocycles. The quantitative estimate of drug-likeness (QED) is 0.556. The summed E-state index contributed by atoms with van der Waals surface area (Å²) in [7, 11) is 0. The van der Waals surface area contributed by atoms with Gasteiger partial charge in [-0.3, -0.25) is 10.1 Å². The molecule has 0 radical (unpaired) electrons. The van der Waals surface area contributed by atoms with Gasteiger partial charge in [0, 0.05) is 30.4 Å². The Labute approximate surface area is 125 Å². The predicted octanol–water partition coefficient (Wildman–Crippen LogP) is 4.34. The number of non-ortho nitro benzene ring substituents is 1. The van der Waals surface area contributed by atoms with Gasteiger partial charge in [0.1, 0.15) is 0 Å². The Hall–Kier alpha value is -2.53. The first-order valence-corrected chi connectivity index (χ1v) is 6.75. The molecule has 5 nitrogen and oxygen atoms in total. The van der Waals surface area contributed by atoms with Crippen molar-refractivity contribution in [2.45, 2.75) is 6.54 Å². The minimum Gasteiger partial charge on any atom is -0.380 e. The first-order chi connectivity index (χ1) is 10.1. The maximum atomic E-state index is 10.8. The van der Waals surface area contributed by atoms with Gasteiger partial charge in [-0.1, -0.05) is 23.7 Å². The molecule has 0 aliphatic rings. The maximum absolute atomic E-state index is 10.8. The van der Waals surface area contributed by atoms with E-state index in [0.29, 0.717) is 17.3 Å². The third kappa shape index (κ3) is 2.83. The highest BCUT2D eigenvalue weighted by Gasteiger charge is 2.09. The second kappa shape index (κ2) is 5.46. The van der Waals surface area contributed by atoms with E-state index in [9.17, 15) is 10.1 Å². The third-order valence-corrected chi connectivity index (χ3v) is 3.59. The molecule has 1 aromatic heterocycles. The van der Waals surface area contributed by atoms with Crippen molar-refractivity contribution in [1.82, 2.24) is 4.98 Å². The Morgan fingerprint density at radius 1 is 1.19 bits per heavy atom. The van der Waals surface area contributed by atoms with Crippen LogP contribution in [0.25, 0.3) is 10.9 Å². The number of H-pyrrole nitrogens is 1. The van der Waals surface area contributed by atoms with Gasteiger partial charge in [-0.05, 0) is 29.1 Å². The molecule has 3 aromatic rings. The maximum Gasteiger partial charge on any atom is 0.271 e. The molecule has 2 N–H and O–H groups in total. The van der Waals surface area contributed by atoms with E-state index in [1.54, 1.807) is 0 Å². The van der Waals surface area contributed by atoms with Crippen molar-refractivity contribution < 1.29 is 4.92 Å². The summed E-state index contributed by atoms with van der Waals surface area (Å²) in [6, 6.07) is 12.4. The van der Waals surface area contributed by atoms with Gasteiger partial charge in [-0.15, -0.1) is 0 Å². The molecule has 0 fully saturated rings.